The van der Waals surface area contributed by atoms with Gasteiger partial charge >= 0.3 is 5.97 Å². The third-order valence-electron chi connectivity index (χ3n) is 1.64. The summed E-state index contributed by atoms with van der Waals surface area (Å²) in [7, 11) is 0. The number of carboxylic acids is 1. The van der Waals surface area contributed by atoms with Gasteiger partial charge in [0.15, 0.2) is 0 Å². The van der Waals surface area contributed by atoms with E-state index in [-0.39, 0.29) is 61.6 Å². The van der Waals surface area contributed by atoms with Crippen LogP contribution in [0.4, 0.5) is 0 Å². The quantitative estimate of drug-likeness (QED) is 0.366. The zero-order chi connectivity index (χ0) is 12.1. The van der Waals surface area contributed by atoms with Gasteiger partial charge in [-0.2, -0.15) is 0 Å². The molecule has 0 atom stereocenters. The van der Waals surface area contributed by atoms with Crippen LogP contribution in [0.15, 0.2) is 23.1 Å². The monoisotopic (exact) mass is 316 g/mol. The molecule has 1 aliphatic rings. The molecule has 1 heterocycles. The first-order chi connectivity index (χ1) is 7.56. The maximum absolute atomic E-state index is 11.7. The van der Waals surface area contributed by atoms with Crippen LogP contribution in [0.3, 0.4) is 0 Å². The fourth-order valence-electron chi connectivity index (χ4n) is 0.993. The summed E-state index contributed by atoms with van der Waals surface area (Å²) >= 11 is 11.4. The van der Waals surface area contributed by atoms with Gasteiger partial charge in [-0.3, -0.25) is 14.5 Å². The Kier molecular flexibility index (Phi) is 9.22. The number of carbonyl (C=O) groups excluding carboxylic acids is 1. The second-order valence-corrected chi connectivity index (χ2v) is 4.75. The first-order valence-electron chi connectivity index (χ1n) is 4.24. The molecule has 0 aromatic carbocycles. The Balaban J connectivity index is 0.00000256. The predicted octanol–water partition coefficient (Wildman–Crippen LogP) is 1.23. The van der Waals surface area contributed by atoms with Crippen molar-refractivity contribution >= 4 is 103 Å². The Morgan fingerprint density at radius 2 is 2.24 bits per heavy atom. The number of alkyl halides is 1. The van der Waals surface area contributed by atoms with E-state index in [1.807, 2.05) is 0 Å². The zero-order valence-electron chi connectivity index (χ0n) is 9.05. The Morgan fingerprint density at radius 3 is 2.76 bits per heavy atom. The third-order valence-corrected chi connectivity index (χ3v) is 3.21. The number of hydrogen-bond acceptors (Lipinski definition) is 4. The number of thioether (sulfide) groups is 1. The molecule has 0 aromatic heterocycles. The van der Waals surface area contributed by atoms with E-state index in [0.29, 0.717) is 10.8 Å². The summed E-state index contributed by atoms with van der Waals surface area (Å²) in [6.45, 7) is -0.402. The molecule has 0 spiro atoms. The van der Waals surface area contributed by atoms with Crippen molar-refractivity contribution in [2.24, 2.45) is 0 Å². The molecule has 1 N–H and O–H groups in total. The molecule has 0 unspecified atom stereocenters. The minimum absolute atomic E-state index is 0. The number of hydrogen-bond donors (Lipinski definition) is 1. The number of thiocarbonyl (C=S) groups is 1. The number of aliphatic carboxylic acids is 1. The van der Waals surface area contributed by atoms with Crippen LogP contribution in [-0.4, -0.2) is 90.0 Å². The van der Waals surface area contributed by atoms with Gasteiger partial charge < -0.3 is 5.11 Å². The SMILES string of the molecule is O=C(O)CN1C(=O)C(=CC=CCCl)SC1=S.[K]. The van der Waals surface area contributed by atoms with Gasteiger partial charge in [0, 0.05) is 57.3 Å². The molecule has 1 rings (SSSR count). The van der Waals surface area contributed by atoms with Crippen LogP contribution in [0.5, 0.6) is 0 Å². The molecule has 0 saturated carbocycles. The molecule has 0 aromatic rings. The molecule has 0 aliphatic carbocycles. The molecule has 1 radical (unpaired) electrons. The van der Waals surface area contributed by atoms with Gasteiger partial charge in [0.25, 0.3) is 5.91 Å². The smallest absolute Gasteiger partial charge is 0.323 e. The maximum atomic E-state index is 11.7. The predicted molar refractivity (Wildman–Crippen MR) is 73.2 cm³/mol. The van der Waals surface area contributed by atoms with Crippen molar-refractivity contribution in [1.82, 2.24) is 4.90 Å². The number of allylic oxidation sites excluding steroid dienone is 3. The number of carbonyl (C=O) groups is 2. The van der Waals surface area contributed by atoms with E-state index in [1.54, 1.807) is 18.2 Å². The average molecular weight is 317 g/mol. The molecule has 1 aliphatic heterocycles. The van der Waals surface area contributed by atoms with E-state index in [2.05, 4.69) is 0 Å². The molecule has 1 fully saturated rings. The third kappa shape index (κ3) is 5.52. The first kappa shape index (κ1) is 17.8. The summed E-state index contributed by atoms with van der Waals surface area (Å²) in [5, 5.41) is 8.60. The summed E-state index contributed by atoms with van der Waals surface area (Å²) in [5.74, 6) is -1.11. The largest absolute Gasteiger partial charge is 0.480 e. The van der Waals surface area contributed by atoms with Crippen LogP contribution in [0.2, 0.25) is 0 Å². The van der Waals surface area contributed by atoms with E-state index in [9.17, 15) is 9.59 Å². The Bertz CT molecular complexity index is 398. The Hall–Kier alpha value is 0.786. The van der Waals surface area contributed by atoms with Crippen molar-refractivity contribution in [3.05, 3.63) is 23.1 Å². The van der Waals surface area contributed by atoms with Crippen LogP contribution >= 0.6 is 35.6 Å². The normalized spacial score (nSPS) is 17.9. The van der Waals surface area contributed by atoms with Crippen molar-refractivity contribution in [2.75, 3.05) is 12.4 Å². The van der Waals surface area contributed by atoms with Gasteiger partial charge in [0.1, 0.15) is 10.9 Å². The van der Waals surface area contributed by atoms with Crippen LogP contribution in [0.25, 0.3) is 0 Å². The van der Waals surface area contributed by atoms with E-state index in [1.165, 1.54) is 0 Å². The van der Waals surface area contributed by atoms with Gasteiger partial charge in [-0.25, -0.2) is 0 Å². The number of nitrogens with zero attached hydrogens (tertiary/aromatic N) is 1. The maximum Gasteiger partial charge on any atom is 0.323 e. The van der Waals surface area contributed by atoms with Crippen molar-refractivity contribution in [1.29, 1.82) is 0 Å². The summed E-state index contributed by atoms with van der Waals surface area (Å²) in [6.07, 6.45) is 4.88. The number of carboxylic acid groups (broad SMARTS) is 1. The summed E-state index contributed by atoms with van der Waals surface area (Å²) < 4.78 is 0.262. The van der Waals surface area contributed by atoms with E-state index in [0.717, 1.165) is 16.7 Å². The number of halogens is 1. The molecule has 17 heavy (non-hydrogen) atoms. The van der Waals surface area contributed by atoms with Gasteiger partial charge in [-0.1, -0.05) is 36.1 Å². The summed E-state index contributed by atoms with van der Waals surface area (Å²) in [6, 6.07) is 0. The standard InChI is InChI=1S/C9H8ClNO3S2.K/c10-4-2-1-3-6-8(14)11(5-7(12)13)9(15)16-6;/h1-3H,4-5H2,(H,12,13);. The molecular weight excluding hydrogens is 309 g/mol. The minimum Gasteiger partial charge on any atom is -0.480 e. The van der Waals surface area contributed by atoms with Crippen LogP contribution < -0.4 is 0 Å². The van der Waals surface area contributed by atoms with E-state index >= 15 is 0 Å². The van der Waals surface area contributed by atoms with E-state index < -0.39 is 12.5 Å². The van der Waals surface area contributed by atoms with Crippen molar-refractivity contribution in [2.45, 2.75) is 0 Å². The molecule has 0 bridgehead atoms. The second-order valence-electron chi connectivity index (χ2n) is 2.77. The van der Waals surface area contributed by atoms with E-state index in [4.69, 9.17) is 28.9 Å². The molecule has 4 nitrogen and oxygen atoms in total. The Morgan fingerprint density at radius 1 is 1.59 bits per heavy atom. The molecule has 8 heteroatoms. The number of rotatable bonds is 4. The molecule has 1 amide bonds. The summed E-state index contributed by atoms with van der Waals surface area (Å²) in [5.41, 5.74) is 0. The minimum atomic E-state index is -1.09. The fraction of sp³-hybridized carbons (Fsp3) is 0.222. The Labute approximate surface area is 156 Å². The van der Waals surface area contributed by atoms with Crippen LogP contribution in [0.1, 0.15) is 0 Å². The van der Waals surface area contributed by atoms with Crippen molar-refractivity contribution in [3.63, 3.8) is 0 Å². The molecular formula is C9H8ClKNO3S2. The molecule has 1 saturated heterocycles. The van der Waals surface area contributed by atoms with Crippen molar-refractivity contribution < 1.29 is 14.7 Å². The first-order valence-corrected chi connectivity index (χ1v) is 6.00. The van der Waals surface area contributed by atoms with Crippen LogP contribution in [0, 0.1) is 0 Å². The molecule has 87 valence electrons. The van der Waals surface area contributed by atoms with Gasteiger partial charge in [0.2, 0.25) is 0 Å². The number of amides is 1. The zero-order valence-corrected chi connectivity index (χ0v) is 14.6. The topological polar surface area (TPSA) is 57.6 Å². The average Bonchev–Trinajstić information content (AvgIpc) is 2.46. The summed E-state index contributed by atoms with van der Waals surface area (Å²) in [4.78, 5) is 23.6. The van der Waals surface area contributed by atoms with Gasteiger partial charge in [-0.15, -0.1) is 11.6 Å². The van der Waals surface area contributed by atoms with Gasteiger partial charge in [-0.05, 0) is 6.08 Å². The van der Waals surface area contributed by atoms with Crippen molar-refractivity contribution in [3.8, 4) is 0 Å². The van der Waals surface area contributed by atoms with Gasteiger partial charge in [0.05, 0.1) is 4.91 Å². The fourth-order valence-corrected chi connectivity index (χ4v) is 2.30. The van der Waals surface area contributed by atoms with Crippen LogP contribution in [-0.2, 0) is 9.59 Å². The second kappa shape index (κ2) is 8.81.